The lowest BCUT2D eigenvalue weighted by Gasteiger charge is -2.34. The maximum absolute atomic E-state index is 12.2. The van der Waals surface area contributed by atoms with Crippen molar-refractivity contribution in [2.24, 2.45) is 0 Å². The summed E-state index contributed by atoms with van der Waals surface area (Å²) in [7, 11) is 0. The first kappa shape index (κ1) is 16.5. The van der Waals surface area contributed by atoms with Crippen molar-refractivity contribution in [1.29, 1.82) is 0 Å². The first-order valence-electron chi connectivity index (χ1n) is 8.37. The number of nitrogens with zero attached hydrogens (tertiary/aromatic N) is 3. The molecule has 1 aliphatic rings. The fourth-order valence-electron chi connectivity index (χ4n) is 2.82. The summed E-state index contributed by atoms with van der Waals surface area (Å²) in [6.45, 7) is 7.00. The maximum atomic E-state index is 12.2. The summed E-state index contributed by atoms with van der Waals surface area (Å²) in [4.78, 5) is 23.0. The van der Waals surface area contributed by atoms with Crippen LogP contribution in [0.5, 0.6) is 0 Å². The van der Waals surface area contributed by atoms with Crippen LogP contribution in [-0.2, 0) is 4.74 Å². The Morgan fingerprint density at radius 1 is 1.29 bits per heavy atom. The number of aromatic nitrogens is 2. The summed E-state index contributed by atoms with van der Waals surface area (Å²) in [6, 6.07) is 7.94. The summed E-state index contributed by atoms with van der Waals surface area (Å²) >= 11 is 0. The monoisotopic (exact) mass is 328 g/mol. The summed E-state index contributed by atoms with van der Waals surface area (Å²) in [5.41, 5.74) is 1.27. The smallest absolute Gasteiger partial charge is 0.410 e. The highest BCUT2D eigenvalue weighted by atomic mass is 16.6. The van der Waals surface area contributed by atoms with Crippen LogP contribution in [0.4, 0.5) is 10.6 Å². The lowest BCUT2D eigenvalue weighted by Crippen LogP contribution is -2.47. The molecule has 0 spiro atoms. The van der Waals surface area contributed by atoms with Crippen LogP contribution in [0.25, 0.3) is 11.0 Å². The number of piperidine rings is 1. The second-order valence-electron chi connectivity index (χ2n) is 7.15. The average molecular weight is 328 g/mol. The highest BCUT2D eigenvalue weighted by Crippen LogP contribution is 2.19. The Balaban J connectivity index is 1.65. The van der Waals surface area contributed by atoms with E-state index in [0.717, 1.165) is 36.2 Å². The molecular formula is C18H24N4O2. The van der Waals surface area contributed by atoms with Crippen molar-refractivity contribution in [2.75, 3.05) is 18.4 Å². The van der Waals surface area contributed by atoms with Gasteiger partial charge in [0, 0.05) is 19.1 Å². The highest BCUT2D eigenvalue weighted by Gasteiger charge is 2.27. The van der Waals surface area contributed by atoms with Crippen molar-refractivity contribution in [2.45, 2.75) is 45.3 Å². The molecule has 1 aliphatic heterocycles. The quantitative estimate of drug-likeness (QED) is 0.914. The molecule has 1 saturated heterocycles. The molecule has 0 saturated carbocycles. The van der Waals surface area contributed by atoms with Gasteiger partial charge in [0.1, 0.15) is 11.4 Å². The maximum Gasteiger partial charge on any atom is 0.410 e. The fourth-order valence-corrected chi connectivity index (χ4v) is 2.82. The van der Waals surface area contributed by atoms with E-state index in [1.165, 1.54) is 0 Å². The zero-order chi connectivity index (χ0) is 17.2. The van der Waals surface area contributed by atoms with E-state index in [1.807, 2.05) is 45.0 Å². The van der Waals surface area contributed by atoms with E-state index in [0.29, 0.717) is 6.54 Å². The molecule has 1 aromatic heterocycles. The molecule has 1 atom stereocenters. The summed E-state index contributed by atoms with van der Waals surface area (Å²) < 4.78 is 5.46. The highest BCUT2D eigenvalue weighted by molar-refractivity contribution is 5.75. The van der Waals surface area contributed by atoms with Gasteiger partial charge in [-0.1, -0.05) is 12.1 Å². The van der Waals surface area contributed by atoms with Crippen LogP contribution < -0.4 is 5.32 Å². The Bertz CT molecular complexity index is 726. The van der Waals surface area contributed by atoms with Gasteiger partial charge in [-0.15, -0.1) is 0 Å². The summed E-state index contributed by atoms with van der Waals surface area (Å²) in [5, 5.41) is 3.40. The Labute approximate surface area is 142 Å². The number of carbonyl (C=O) groups excluding carboxylic acids is 1. The Hall–Kier alpha value is -2.37. The second kappa shape index (κ2) is 6.63. The normalized spacial score (nSPS) is 18.5. The van der Waals surface area contributed by atoms with Gasteiger partial charge in [0.15, 0.2) is 0 Å². The van der Waals surface area contributed by atoms with Gasteiger partial charge in [0.05, 0.1) is 17.2 Å². The summed E-state index contributed by atoms with van der Waals surface area (Å²) in [5.74, 6) is 0.740. The van der Waals surface area contributed by atoms with Gasteiger partial charge >= 0.3 is 6.09 Å². The minimum atomic E-state index is -0.471. The van der Waals surface area contributed by atoms with E-state index in [-0.39, 0.29) is 12.1 Å². The van der Waals surface area contributed by atoms with E-state index >= 15 is 0 Å². The van der Waals surface area contributed by atoms with Crippen molar-refractivity contribution < 1.29 is 9.53 Å². The Kier molecular flexibility index (Phi) is 4.55. The van der Waals surface area contributed by atoms with Crippen LogP contribution in [-0.4, -0.2) is 45.7 Å². The lowest BCUT2D eigenvalue weighted by molar-refractivity contribution is 0.0206. The molecule has 1 fully saturated rings. The van der Waals surface area contributed by atoms with Crippen molar-refractivity contribution in [3.05, 3.63) is 30.5 Å². The van der Waals surface area contributed by atoms with Gasteiger partial charge in [0.25, 0.3) is 0 Å². The molecule has 0 bridgehead atoms. The average Bonchev–Trinajstić information content (AvgIpc) is 2.53. The number of para-hydroxylation sites is 2. The molecule has 2 aromatic rings. The van der Waals surface area contributed by atoms with Crippen LogP contribution >= 0.6 is 0 Å². The number of fused-ring (bicyclic) bond motifs is 1. The molecule has 0 aliphatic carbocycles. The lowest BCUT2D eigenvalue weighted by atomic mass is 10.1. The fraction of sp³-hybridized carbons (Fsp3) is 0.500. The molecule has 24 heavy (non-hydrogen) atoms. The molecule has 1 amide bonds. The van der Waals surface area contributed by atoms with E-state index in [1.54, 1.807) is 11.1 Å². The number of benzene rings is 1. The van der Waals surface area contributed by atoms with E-state index < -0.39 is 5.60 Å². The van der Waals surface area contributed by atoms with E-state index in [9.17, 15) is 4.79 Å². The van der Waals surface area contributed by atoms with E-state index in [2.05, 4.69) is 15.3 Å². The number of carbonyl (C=O) groups is 1. The first-order chi connectivity index (χ1) is 11.4. The van der Waals surface area contributed by atoms with Gasteiger partial charge in [-0.3, -0.25) is 4.98 Å². The van der Waals surface area contributed by atoms with Gasteiger partial charge in [-0.25, -0.2) is 9.78 Å². The first-order valence-corrected chi connectivity index (χ1v) is 8.37. The number of hydrogen-bond acceptors (Lipinski definition) is 5. The molecule has 1 unspecified atom stereocenters. The van der Waals surface area contributed by atoms with Crippen LogP contribution in [0.2, 0.25) is 0 Å². The van der Waals surface area contributed by atoms with Crippen molar-refractivity contribution >= 4 is 22.9 Å². The third-order valence-corrected chi connectivity index (χ3v) is 3.87. The third-order valence-electron chi connectivity index (χ3n) is 3.87. The number of nitrogens with one attached hydrogen (secondary N) is 1. The van der Waals surface area contributed by atoms with Crippen LogP contribution in [0.3, 0.4) is 0 Å². The number of rotatable bonds is 2. The molecular weight excluding hydrogens is 304 g/mol. The molecule has 6 heteroatoms. The zero-order valence-electron chi connectivity index (χ0n) is 14.5. The summed E-state index contributed by atoms with van der Waals surface area (Å²) in [6.07, 6.45) is 3.43. The minimum absolute atomic E-state index is 0.154. The number of ether oxygens (including phenoxy) is 1. The van der Waals surface area contributed by atoms with Gasteiger partial charge in [-0.05, 0) is 45.7 Å². The number of hydrogen-bond donors (Lipinski definition) is 1. The van der Waals surface area contributed by atoms with Crippen molar-refractivity contribution in [3.8, 4) is 0 Å². The molecule has 3 rings (SSSR count). The minimum Gasteiger partial charge on any atom is -0.444 e. The topological polar surface area (TPSA) is 67.3 Å². The number of likely N-dealkylation sites (tertiary alicyclic amines) is 1. The van der Waals surface area contributed by atoms with Gasteiger partial charge in [-0.2, -0.15) is 0 Å². The van der Waals surface area contributed by atoms with Crippen LogP contribution in [0, 0.1) is 0 Å². The third kappa shape index (κ3) is 4.13. The van der Waals surface area contributed by atoms with Crippen molar-refractivity contribution in [1.82, 2.24) is 14.9 Å². The standard InChI is InChI=1S/C18H24N4O2/c1-18(2,3)24-17(23)22-10-6-7-13(12-22)20-16-11-19-14-8-4-5-9-15(14)21-16/h4-5,8-9,11,13H,6-7,10,12H2,1-3H3,(H,20,21). The van der Waals surface area contributed by atoms with Gasteiger partial charge < -0.3 is 15.0 Å². The van der Waals surface area contributed by atoms with Gasteiger partial charge in [0.2, 0.25) is 0 Å². The SMILES string of the molecule is CC(C)(C)OC(=O)N1CCCC(Nc2cnc3ccccc3n2)C1. The largest absolute Gasteiger partial charge is 0.444 e. The number of anilines is 1. The number of amides is 1. The second-order valence-corrected chi connectivity index (χ2v) is 7.15. The van der Waals surface area contributed by atoms with E-state index in [4.69, 9.17) is 4.74 Å². The molecule has 2 heterocycles. The van der Waals surface area contributed by atoms with Crippen LogP contribution in [0.15, 0.2) is 30.5 Å². The zero-order valence-corrected chi connectivity index (χ0v) is 14.5. The Morgan fingerprint density at radius 3 is 2.79 bits per heavy atom. The van der Waals surface area contributed by atoms with Crippen molar-refractivity contribution in [3.63, 3.8) is 0 Å². The predicted molar refractivity (Wildman–Crippen MR) is 94.0 cm³/mol. The predicted octanol–water partition coefficient (Wildman–Crippen LogP) is 3.44. The molecule has 1 aromatic carbocycles. The van der Waals surface area contributed by atoms with Crippen LogP contribution in [0.1, 0.15) is 33.6 Å². The molecule has 128 valence electrons. The molecule has 0 radical (unpaired) electrons. The Morgan fingerprint density at radius 2 is 2.04 bits per heavy atom. The molecule has 1 N–H and O–H groups in total. The molecule has 6 nitrogen and oxygen atoms in total.